The Hall–Kier alpha value is -0.610. The molecule has 0 aromatic heterocycles. The minimum Gasteiger partial charge on any atom is -0.386 e. The molecular weight excluding hydrogens is 180 g/mol. The van der Waals surface area contributed by atoms with E-state index in [0.29, 0.717) is 13.1 Å². The number of likely N-dealkylation sites (tertiary alicyclic amines) is 1. The predicted octanol–water partition coefficient (Wildman–Crippen LogP) is -0.421. The molecular formula is C10H18N2O2. The summed E-state index contributed by atoms with van der Waals surface area (Å²) < 4.78 is 0. The van der Waals surface area contributed by atoms with Gasteiger partial charge in [0.1, 0.15) is 0 Å². The van der Waals surface area contributed by atoms with Gasteiger partial charge in [-0.25, -0.2) is 0 Å². The molecule has 14 heavy (non-hydrogen) atoms. The summed E-state index contributed by atoms with van der Waals surface area (Å²) in [5, 5.41) is 13.0. The topological polar surface area (TPSA) is 52.6 Å². The van der Waals surface area contributed by atoms with Crippen LogP contribution in [0.2, 0.25) is 0 Å². The van der Waals surface area contributed by atoms with Gasteiger partial charge in [0, 0.05) is 13.1 Å². The summed E-state index contributed by atoms with van der Waals surface area (Å²) in [6, 6.07) is 0. The van der Waals surface area contributed by atoms with Gasteiger partial charge in [0.15, 0.2) is 0 Å². The minimum atomic E-state index is -0.582. The number of aliphatic hydroxyl groups is 1. The van der Waals surface area contributed by atoms with E-state index in [-0.39, 0.29) is 11.8 Å². The van der Waals surface area contributed by atoms with E-state index in [1.165, 1.54) is 0 Å². The van der Waals surface area contributed by atoms with Crippen LogP contribution in [-0.2, 0) is 4.79 Å². The van der Waals surface area contributed by atoms with Crippen molar-refractivity contribution in [2.24, 2.45) is 5.92 Å². The number of carbonyl (C=O) groups is 1. The Morgan fingerprint density at radius 3 is 2.64 bits per heavy atom. The molecule has 0 bridgehead atoms. The van der Waals surface area contributed by atoms with Crippen molar-refractivity contribution in [1.82, 2.24) is 10.2 Å². The summed E-state index contributed by atoms with van der Waals surface area (Å²) in [5.41, 5.74) is -0.582. The average molecular weight is 198 g/mol. The Bertz CT molecular complexity index is 232. The van der Waals surface area contributed by atoms with E-state index >= 15 is 0 Å². The number of hydrogen-bond donors (Lipinski definition) is 2. The lowest BCUT2D eigenvalue weighted by molar-refractivity contribution is -0.162. The first kappa shape index (κ1) is 9.93. The number of carbonyl (C=O) groups excluding carboxylic acids is 1. The van der Waals surface area contributed by atoms with Crippen molar-refractivity contribution < 1.29 is 9.90 Å². The number of hydrogen-bond acceptors (Lipinski definition) is 3. The maximum Gasteiger partial charge on any atom is 0.228 e. The number of rotatable bonds is 3. The van der Waals surface area contributed by atoms with Crippen LogP contribution in [0.4, 0.5) is 0 Å². The first-order chi connectivity index (χ1) is 6.64. The van der Waals surface area contributed by atoms with Crippen LogP contribution in [0.25, 0.3) is 0 Å². The summed E-state index contributed by atoms with van der Waals surface area (Å²) in [4.78, 5) is 13.5. The molecule has 0 aromatic rings. The van der Waals surface area contributed by atoms with Crippen LogP contribution in [0.5, 0.6) is 0 Å². The Morgan fingerprint density at radius 1 is 1.57 bits per heavy atom. The van der Waals surface area contributed by atoms with Gasteiger partial charge in [-0.15, -0.1) is 0 Å². The van der Waals surface area contributed by atoms with Gasteiger partial charge in [0.25, 0.3) is 0 Å². The van der Waals surface area contributed by atoms with Crippen molar-refractivity contribution in [3.63, 3.8) is 0 Å². The molecule has 0 aromatic carbocycles. The van der Waals surface area contributed by atoms with Crippen molar-refractivity contribution in [2.45, 2.75) is 25.4 Å². The second-order valence-corrected chi connectivity index (χ2v) is 4.52. The molecule has 2 fully saturated rings. The molecule has 0 aliphatic carbocycles. The molecule has 0 saturated carbocycles. The van der Waals surface area contributed by atoms with Crippen LogP contribution in [0.1, 0.15) is 19.8 Å². The van der Waals surface area contributed by atoms with Crippen LogP contribution in [-0.4, -0.2) is 47.7 Å². The molecule has 4 nitrogen and oxygen atoms in total. The lowest BCUT2D eigenvalue weighted by atomic mass is 9.87. The highest BCUT2D eigenvalue weighted by molar-refractivity contribution is 5.81. The molecule has 2 aliphatic rings. The molecule has 80 valence electrons. The lowest BCUT2D eigenvalue weighted by Crippen LogP contribution is -2.66. The number of nitrogens with one attached hydrogen (secondary N) is 1. The van der Waals surface area contributed by atoms with Crippen LogP contribution in [0.3, 0.4) is 0 Å². The van der Waals surface area contributed by atoms with E-state index in [0.717, 1.165) is 25.9 Å². The fourth-order valence-corrected chi connectivity index (χ4v) is 2.17. The molecule has 0 spiro atoms. The van der Waals surface area contributed by atoms with E-state index in [4.69, 9.17) is 0 Å². The Balaban J connectivity index is 1.78. The fourth-order valence-electron chi connectivity index (χ4n) is 2.17. The quantitative estimate of drug-likeness (QED) is 0.647. The smallest absolute Gasteiger partial charge is 0.228 e. The van der Waals surface area contributed by atoms with E-state index in [1.807, 2.05) is 0 Å². The second-order valence-electron chi connectivity index (χ2n) is 4.52. The monoisotopic (exact) mass is 198 g/mol. The minimum absolute atomic E-state index is 0.168. The SMILES string of the molecule is CCCC1(O)CN(C(=O)C2CNC2)C1. The molecule has 4 heteroatoms. The third-order valence-electron chi connectivity index (χ3n) is 3.13. The van der Waals surface area contributed by atoms with Gasteiger partial charge in [-0.3, -0.25) is 4.79 Å². The molecule has 2 aliphatic heterocycles. The van der Waals surface area contributed by atoms with Crippen LogP contribution >= 0.6 is 0 Å². The van der Waals surface area contributed by atoms with Crippen molar-refractivity contribution in [3.05, 3.63) is 0 Å². The second kappa shape index (κ2) is 3.51. The maximum absolute atomic E-state index is 11.7. The molecule has 1 amide bonds. The van der Waals surface area contributed by atoms with E-state index in [2.05, 4.69) is 12.2 Å². The zero-order chi connectivity index (χ0) is 10.2. The molecule has 2 saturated heterocycles. The highest BCUT2D eigenvalue weighted by atomic mass is 16.3. The van der Waals surface area contributed by atoms with Crippen molar-refractivity contribution in [1.29, 1.82) is 0 Å². The molecule has 0 unspecified atom stereocenters. The predicted molar refractivity (Wildman–Crippen MR) is 52.8 cm³/mol. The standard InChI is InChI=1S/C10H18N2O2/c1-2-3-10(14)6-12(7-10)9(13)8-4-11-5-8/h8,11,14H,2-7H2,1H3. The summed E-state index contributed by atoms with van der Waals surface area (Å²) >= 11 is 0. The van der Waals surface area contributed by atoms with Gasteiger partial charge >= 0.3 is 0 Å². The molecule has 0 atom stereocenters. The zero-order valence-electron chi connectivity index (χ0n) is 8.62. The summed E-state index contributed by atoms with van der Waals surface area (Å²) in [5.74, 6) is 0.380. The van der Waals surface area contributed by atoms with Crippen LogP contribution in [0.15, 0.2) is 0 Å². The number of amides is 1. The van der Waals surface area contributed by atoms with Gasteiger partial charge in [-0.05, 0) is 6.42 Å². The normalized spacial score (nSPS) is 25.4. The van der Waals surface area contributed by atoms with Gasteiger partial charge in [0.05, 0.1) is 24.6 Å². The van der Waals surface area contributed by atoms with E-state index < -0.39 is 5.60 Å². The molecule has 2 rings (SSSR count). The van der Waals surface area contributed by atoms with Crippen molar-refractivity contribution >= 4 is 5.91 Å². The Kier molecular flexibility index (Phi) is 2.49. The lowest BCUT2D eigenvalue weighted by Gasteiger charge is -2.48. The zero-order valence-corrected chi connectivity index (χ0v) is 8.62. The van der Waals surface area contributed by atoms with Gasteiger partial charge in [-0.2, -0.15) is 0 Å². The molecule has 2 heterocycles. The first-order valence-corrected chi connectivity index (χ1v) is 5.36. The Morgan fingerprint density at radius 2 is 2.21 bits per heavy atom. The molecule has 0 radical (unpaired) electrons. The van der Waals surface area contributed by atoms with Crippen molar-refractivity contribution in [3.8, 4) is 0 Å². The number of β-amino-alcohol motifs (C(OH)–C–C–N with tert-alkyl or cyclic N) is 1. The summed E-state index contributed by atoms with van der Waals surface area (Å²) in [7, 11) is 0. The summed E-state index contributed by atoms with van der Waals surface area (Å²) in [6.07, 6.45) is 1.78. The van der Waals surface area contributed by atoms with Crippen molar-refractivity contribution in [2.75, 3.05) is 26.2 Å². The van der Waals surface area contributed by atoms with Gasteiger partial charge < -0.3 is 15.3 Å². The number of nitrogens with zero attached hydrogens (tertiary/aromatic N) is 1. The summed E-state index contributed by atoms with van der Waals surface area (Å²) in [6.45, 7) is 4.74. The third kappa shape index (κ3) is 1.64. The van der Waals surface area contributed by atoms with E-state index in [1.54, 1.807) is 4.90 Å². The van der Waals surface area contributed by atoms with Crippen LogP contribution < -0.4 is 5.32 Å². The highest BCUT2D eigenvalue weighted by Crippen LogP contribution is 2.27. The first-order valence-electron chi connectivity index (χ1n) is 5.36. The average Bonchev–Trinajstić information content (AvgIpc) is 1.96. The largest absolute Gasteiger partial charge is 0.386 e. The Labute approximate surface area is 84.3 Å². The molecule has 2 N–H and O–H groups in total. The van der Waals surface area contributed by atoms with E-state index in [9.17, 15) is 9.90 Å². The van der Waals surface area contributed by atoms with Crippen LogP contribution in [0, 0.1) is 5.92 Å². The maximum atomic E-state index is 11.7. The highest BCUT2D eigenvalue weighted by Gasteiger charge is 2.44. The fraction of sp³-hybridized carbons (Fsp3) is 0.900. The third-order valence-corrected chi connectivity index (χ3v) is 3.13. The van der Waals surface area contributed by atoms with Gasteiger partial charge in [-0.1, -0.05) is 13.3 Å². The van der Waals surface area contributed by atoms with Gasteiger partial charge in [0.2, 0.25) is 5.91 Å².